The maximum absolute atomic E-state index is 14.9. The van der Waals surface area contributed by atoms with E-state index in [1.165, 1.54) is 29.4 Å². The number of amides is 3. The molecule has 7 rings (SSSR count). The second-order valence-corrected chi connectivity index (χ2v) is 21.4. The first-order valence-electron chi connectivity index (χ1n) is 21.2. The van der Waals surface area contributed by atoms with Gasteiger partial charge in [0.2, 0.25) is 24.9 Å². The van der Waals surface area contributed by atoms with Crippen molar-refractivity contribution in [1.29, 1.82) is 0 Å². The summed E-state index contributed by atoms with van der Waals surface area (Å²) in [5.74, 6) is -2.94. The third-order valence-electron chi connectivity index (χ3n) is 11.8. The number of nitrogens with one attached hydrogen (secondary N) is 3. The first-order chi connectivity index (χ1) is 30.1. The predicted molar refractivity (Wildman–Crippen MR) is 234 cm³/mol. The monoisotopic (exact) mass is 930 g/mol. The van der Waals surface area contributed by atoms with Gasteiger partial charge in [-0.15, -0.1) is 17.9 Å². The van der Waals surface area contributed by atoms with Gasteiger partial charge < -0.3 is 44.4 Å². The van der Waals surface area contributed by atoms with Crippen LogP contribution in [-0.4, -0.2) is 86.9 Å². The average Bonchev–Trinajstić information content (AvgIpc) is 3.82. The molecule has 0 radical (unpaired) electrons. The van der Waals surface area contributed by atoms with Gasteiger partial charge in [-0.05, 0) is 75.6 Å². The fourth-order valence-electron chi connectivity index (χ4n) is 8.37. The molecule has 4 N–H and O–H groups in total. The standard InChI is InChI=1S/C44H54F3N6O9PS/c1-8-25-20-43(25,63(57,58)22-28-14-16-36(61-28)44(45,46)47)52-38(54)34-18-29(21-53(34)39(55)37(42(4,5)6)51-41(56)62-26-11-9-10-12-26)60-35-19-32(33-23-64-40(50-33)48-24(2)3)49-31-17-27(59-7)13-15-30(31)35/h8,13-17,19,23-26,29,34,37H,1,9-12,18,20-22H2,2-7H3,(H,48,50)(H,51,56)(H,52,54)(H,57,58)/t25-,29-,34+,37-,43+/m1/s1. The van der Waals surface area contributed by atoms with Crippen LogP contribution in [0.5, 0.6) is 11.5 Å². The fourth-order valence-corrected chi connectivity index (χ4v) is 11.5. The molecule has 1 unspecified atom stereocenters. The maximum atomic E-state index is 14.9. The highest BCUT2D eigenvalue weighted by Crippen LogP contribution is 2.71. The van der Waals surface area contributed by atoms with Gasteiger partial charge in [0, 0.05) is 41.3 Å². The molecule has 3 fully saturated rings. The lowest BCUT2D eigenvalue weighted by atomic mass is 9.85. The van der Waals surface area contributed by atoms with E-state index < -0.39 is 78.2 Å². The van der Waals surface area contributed by atoms with Crippen LogP contribution in [0.2, 0.25) is 0 Å². The van der Waals surface area contributed by atoms with Crippen LogP contribution in [0, 0.1) is 11.3 Å². The molecule has 0 bridgehead atoms. The molecule has 6 atom stereocenters. The smallest absolute Gasteiger partial charge is 0.449 e. The second-order valence-electron chi connectivity index (χ2n) is 18.0. The minimum absolute atomic E-state index is 0.0388. The van der Waals surface area contributed by atoms with Crippen LogP contribution >= 0.6 is 18.7 Å². The second kappa shape index (κ2) is 18.0. The molecular weight excluding hydrogens is 877 g/mol. The van der Waals surface area contributed by atoms with E-state index in [2.05, 4.69) is 22.5 Å². The minimum atomic E-state index is -4.82. The van der Waals surface area contributed by atoms with E-state index in [0.717, 1.165) is 18.9 Å². The molecule has 4 heterocycles. The Morgan fingerprint density at radius 3 is 2.45 bits per heavy atom. The van der Waals surface area contributed by atoms with Gasteiger partial charge in [-0.3, -0.25) is 14.2 Å². The van der Waals surface area contributed by atoms with E-state index in [1.54, 1.807) is 45.0 Å². The van der Waals surface area contributed by atoms with Crippen molar-refractivity contribution in [2.24, 2.45) is 11.3 Å². The topological polar surface area (TPSA) is 194 Å². The Morgan fingerprint density at radius 1 is 1.09 bits per heavy atom. The number of carbonyl (C=O) groups is 3. The number of ether oxygens (including phenoxy) is 3. The lowest BCUT2D eigenvalue weighted by Gasteiger charge is -2.35. The number of benzene rings is 1. The summed E-state index contributed by atoms with van der Waals surface area (Å²) in [7, 11) is -3.04. The lowest BCUT2D eigenvalue weighted by Crippen LogP contribution is -2.58. The predicted octanol–water partition coefficient (Wildman–Crippen LogP) is 8.72. The number of nitrogens with zero attached hydrogens (tertiary/aromatic N) is 3. The van der Waals surface area contributed by atoms with Crippen molar-refractivity contribution in [1.82, 2.24) is 25.5 Å². The van der Waals surface area contributed by atoms with Gasteiger partial charge in [0.05, 0.1) is 31.0 Å². The van der Waals surface area contributed by atoms with E-state index in [4.69, 9.17) is 28.6 Å². The number of aromatic nitrogens is 2. The number of anilines is 1. The number of fused-ring (bicyclic) bond motifs is 1. The largest absolute Gasteiger partial charge is 0.497 e. The molecule has 1 aliphatic heterocycles. The SMILES string of the molecule is C=C[C@@H]1C[C@]1(NC(=O)[C@@H]1C[C@@H](Oc2cc(-c3csc(NC(C)C)n3)nc3cc(OC)ccc23)CN1C(=O)[C@@H](NC(=O)OC1CCCC1)C(C)(C)C)P(=O)(O)Cc1ccc(C(F)(F)F)o1. The maximum Gasteiger partial charge on any atom is 0.449 e. The number of likely N-dealkylation sites (tertiary alicyclic amines) is 1. The number of alkyl carbamates (subject to hydrolysis) is 1. The van der Waals surface area contributed by atoms with Crippen molar-refractivity contribution < 1.29 is 55.6 Å². The molecule has 64 heavy (non-hydrogen) atoms. The summed E-state index contributed by atoms with van der Waals surface area (Å²) in [6, 6.07) is 6.32. The molecule has 1 aromatic carbocycles. The van der Waals surface area contributed by atoms with Gasteiger partial charge in [0.15, 0.2) is 5.13 Å². The molecule has 346 valence electrons. The van der Waals surface area contributed by atoms with Crippen LogP contribution in [0.25, 0.3) is 22.3 Å². The number of methoxy groups -OCH3 is 1. The molecule has 3 aromatic heterocycles. The van der Waals surface area contributed by atoms with Gasteiger partial charge >= 0.3 is 12.3 Å². The van der Waals surface area contributed by atoms with E-state index in [-0.39, 0.29) is 37.3 Å². The Labute approximate surface area is 373 Å². The third-order valence-corrected chi connectivity index (χ3v) is 15.2. The Kier molecular flexibility index (Phi) is 13.2. The van der Waals surface area contributed by atoms with Gasteiger partial charge in [-0.1, -0.05) is 26.8 Å². The molecule has 3 aliphatic rings. The number of thiazole rings is 1. The normalized spacial score (nSPS) is 22.8. The van der Waals surface area contributed by atoms with Crippen molar-refractivity contribution in [2.75, 3.05) is 19.0 Å². The van der Waals surface area contributed by atoms with Gasteiger partial charge in [0.1, 0.15) is 52.5 Å². The fraction of sp³-hybridized carbons (Fsp3) is 0.523. The van der Waals surface area contributed by atoms with Gasteiger partial charge in [-0.2, -0.15) is 13.2 Å². The van der Waals surface area contributed by atoms with Crippen molar-refractivity contribution >= 4 is 52.6 Å². The molecule has 15 nitrogen and oxygen atoms in total. The van der Waals surface area contributed by atoms with Crippen LogP contribution in [0.1, 0.15) is 84.7 Å². The number of pyridine rings is 1. The Balaban J connectivity index is 1.22. The van der Waals surface area contributed by atoms with E-state index in [0.29, 0.717) is 57.8 Å². The van der Waals surface area contributed by atoms with Crippen molar-refractivity contribution in [3.05, 3.63) is 66.0 Å². The van der Waals surface area contributed by atoms with E-state index in [9.17, 15) is 37.0 Å². The summed E-state index contributed by atoms with van der Waals surface area (Å²) < 4.78 is 77.1. The average molecular weight is 931 g/mol. The summed E-state index contributed by atoms with van der Waals surface area (Å²) >= 11 is 1.41. The molecule has 20 heteroatoms. The van der Waals surface area contributed by atoms with Crippen molar-refractivity contribution in [3.8, 4) is 22.9 Å². The van der Waals surface area contributed by atoms with Crippen LogP contribution in [0.4, 0.5) is 23.1 Å². The summed E-state index contributed by atoms with van der Waals surface area (Å²) in [6.07, 6.45) is -3.00. The number of hydrogen-bond donors (Lipinski definition) is 4. The van der Waals surface area contributed by atoms with Crippen LogP contribution < -0.4 is 25.4 Å². The molecule has 2 saturated carbocycles. The Bertz CT molecular complexity index is 2450. The summed E-state index contributed by atoms with van der Waals surface area (Å²) in [5.41, 5.74) is 0.712. The number of hydrogen-bond acceptors (Lipinski definition) is 12. The van der Waals surface area contributed by atoms with Crippen LogP contribution in [0.3, 0.4) is 0 Å². The number of rotatable bonds is 15. The highest BCUT2D eigenvalue weighted by Gasteiger charge is 2.66. The molecular formula is C44H54F3N6O9PS. The minimum Gasteiger partial charge on any atom is -0.497 e. The van der Waals surface area contributed by atoms with Crippen molar-refractivity contribution in [3.63, 3.8) is 0 Å². The lowest BCUT2D eigenvalue weighted by molar-refractivity contribution is -0.153. The Hall–Kier alpha value is -5.13. The Morgan fingerprint density at radius 2 is 1.83 bits per heavy atom. The van der Waals surface area contributed by atoms with E-state index >= 15 is 0 Å². The van der Waals surface area contributed by atoms with Gasteiger partial charge in [0.25, 0.3) is 0 Å². The van der Waals surface area contributed by atoms with Gasteiger partial charge in [-0.25, -0.2) is 14.8 Å². The molecule has 3 amide bonds. The zero-order valence-electron chi connectivity index (χ0n) is 36.5. The summed E-state index contributed by atoms with van der Waals surface area (Å²) in [5, 5.41) is 10.1. The highest BCUT2D eigenvalue weighted by molar-refractivity contribution is 7.59. The highest BCUT2D eigenvalue weighted by atomic mass is 32.1. The van der Waals surface area contributed by atoms with Crippen LogP contribution in [-0.2, 0) is 31.2 Å². The number of halogens is 3. The molecule has 4 aromatic rings. The number of carbonyl (C=O) groups excluding carboxylic acids is 3. The van der Waals surface area contributed by atoms with E-state index in [1.807, 2.05) is 19.2 Å². The van der Waals surface area contributed by atoms with Crippen LogP contribution in [0.15, 0.2) is 58.9 Å². The molecule has 2 aliphatic carbocycles. The number of alkyl halides is 3. The summed E-state index contributed by atoms with van der Waals surface area (Å²) in [6.45, 7) is 12.9. The molecule has 1 saturated heterocycles. The van der Waals surface area contributed by atoms with Crippen molar-refractivity contribution in [2.45, 2.75) is 121 Å². The number of furan rings is 1. The first-order valence-corrected chi connectivity index (χ1v) is 23.9. The third kappa shape index (κ3) is 10.1. The zero-order chi connectivity index (χ0) is 46.4. The zero-order valence-corrected chi connectivity index (χ0v) is 38.2. The quantitative estimate of drug-likeness (QED) is 0.0655. The summed E-state index contributed by atoms with van der Waals surface area (Å²) in [4.78, 5) is 65.3. The molecule has 0 spiro atoms. The first kappa shape index (κ1) is 46.9.